The van der Waals surface area contributed by atoms with E-state index in [1.165, 1.54) is 37.3 Å². The minimum atomic E-state index is -1.03. The number of phenols is 1. The van der Waals surface area contributed by atoms with E-state index in [0.717, 1.165) is 5.56 Å². The van der Waals surface area contributed by atoms with Gasteiger partial charge in [0.2, 0.25) is 0 Å². The fourth-order valence-corrected chi connectivity index (χ4v) is 2.25. The van der Waals surface area contributed by atoms with Crippen molar-refractivity contribution in [1.82, 2.24) is 5.32 Å². The largest absolute Gasteiger partial charge is 0.507 e. The van der Waals surface area contributed by atoms with Gasteiger partial charge in [-0.3, -0.25) is 4.79 Å². The molecule has 1 atom stereocenters. The predicted molar refractivity (Wildman–Crippen MR) is 91.1 cm³/mol. The number of carbonyl (C=O) groups excluding carboxylic acids is 2. The van der Waals surface area contributed by atoms with Crippen LogP contribution in [-0.2, 0) is 16.0 Å². The Morgan fingerprint density at radius 3 is 2.56 bits per heavy atom. The first-order chi connectivity index (χ1) is 11.9. The van der Waals surface area contributed by atoms with Crippen LogP contribution in [-0.4, -0.2) is 29.6 Å². The maximum absolute atomic E-state index is 12.8. The molecule has 0 heterocycles. The third kappa shape index (κ3) is 5.46. The zero-order valence-electron chi connectivity index (χ0n) is 13.5. The highest BCUT2D eigenvalue weighted by atomic mass is 35.5. The highest BCUT2D eigenvalue weighted by Crippen LogP contribution is 2.22. The van der Waals surface area contributed by atoms with Crippen molar-refractivity contribution in [1.29, 1.82) is 0 Å². The van der Waals surface area contributed by atoms with Crippen LogP contribution in [0.2, 0.25) is 5.02 Å². The van der Waals surface area contributed by atoms with Crippen molar-refractivity contribution in [2.75, 3.05) is 6.54 Å². The van der Waals surface area contributed by atoms with Crippen LogP contribution in [0.1, 0.15) is 22.8 Å². The molecule has 0 aliphatic carbocycles. The summed E-state index contributed by atoms with van der Waals surface area (Å²) in [5, 5.41) is 12.6. The molecule has 0 aliphatic rings. The normalized spacial score (nSPS) is 11.6. The Bertz CT molecular complexity index is 764. The van der Waals surface area contributed by atoms with E-state index < -0.39 is 18.0 Å². The van der Waals surface area contributed by atoms with Crippen molar-refractivity contribution in [2.45, 2.75) is 19.4 Å². The summed E-state index contributed by atoms with van der Waals surface area (Å²) in [6, 6.07) is 9.93. The number of benzene rings is 2. The van der Waals surface area contributed by atoms with E-state index in [9.17, 15) is 19.1 Å². The van der Waals surface area contributed by atoms with Crippen molar-refractivity contribution >= 4 is 23.5 Å². The number of amides is 1. The number of rotatable bonds is 6. The lowest BCUT2D eigenvalue weighted by atomic mass is 10.1. The summed E-state index contributed by atoms with van der Waals surface area (Å²) in [6.45, 7) is 1.75. The highest BCUT2D eigenvalue weighted by Gasteiger charge is 2.20. The monoisotopic (exact) mass is 365 g/mol. The summed E-state index contributed by atoms with van der Waals surface area (Å²) in [4.78, 5) is 23.9. The molecule has 0 saturated heterocycles. The van der Waals surface area contributed by atoms with Crippen LogP contribution in [0.15, 0.2) is 42.5 Å². The van der Waals surface area contributed by atoms with Crippen LogP contribution >= 0.6 is 11.6 Å². The Morgan fingerprint density at radius 1 is 1.24 bits per heavy atom. The van der Waals surface area contributed by atoms with Gasteiger partial charge in [0.25, 0.3) is 5.91 Å². The molecule has 0 saturated carbocycles. The average Bonchev–Trinajstić information content (AvgIpc) is 2.56. The van der Waals surface area contributed by atoms with Gasteiger partial charge >= 0.3 is 5.97 Å². The number of hydrogen-bond donors (Lipinski definition) is 2. The van der Waals surface area contributed by atoms with Crippen molar-refractivity contribution in [2.24, 2.45) is 0 Å². The molecule has 0 spiro atoms. The second kappa shape index (κ2) is 8.48. The van der Waals surface area contributed by atoms with Gasteiger partial charge < -0.3 is 15.2 Å². The molecule has 0 aliphatic heterocycles. The molecular formula is C18H17ClFNO4. The van der Waals surface area contributed by atoms with E-state index in [1.54, 1.807) is 12.1 Å². The third-order valence-electron chi connectivity index (χ3n) is 3.46. The zero-order chi connectivity index (χ0) is 18.4. The van der Waals surface area contributed by atoms with Gasteiger partial charge in [0.1, 0.15) is 17.1 Å². The van der Waals surface area contributed by atoms with Gasteiger partial charge in [-0.1, -0.05) is 23.7 Å². The van der Waals surface area contributed by atoms with Crippen LogP contribution in [0.3, 0.4) is 0 Å². The number of halogens is 2. The zero-order valence-corrected chi connectivity index (χ0v) is 14.2. The first-order valence-corrected chi connectivity index (χ1v) is 7.96. The number of phenolic OH excluding ortho intramolecular Hbond substituents is 1. The molecule has 7 heteroatoms. The Morgan fingerprint density at radius 2 is 1.92 bits per heavy atom. The minimum Gasteiger partial charge on any atom is -0.507 e. The van der Waals surface area contributed by atoms with Gasteiger partial charge in [-0.05, 0) is 49.2 Å². The lowest BCUT2D eigenvalue weighted by Gasteiger charge is -2.14. The molecule has 0 aromatic heterocycles. The molecule has 2 aromatic rings. The van der Waals surface area contributed by atoms with E-state index in [0.29, 0.717) is 13.0 Å². The lowest BCUT2D eigenvalue weighted by Crippen LogP contribution is -2.36. The van der Waals surface area contributed by atoms with Crippen molar-refractivity contribution in [3.63, 3.8) is 0 Å². The van der Waals surface area contributed by atoms with Crippen molar-refractivity contribution < 1.29 is 23.8 Å². The lowest BCUT2D eigenvalue weighted by molar-refractivity contribution is -0.129. The van der Waals surface area contributed by atoms with Crippen LogP contribution in [0, 0.1) is 5.82 Å². The summed E-state index contributed by atoms with van der Waals surface area (Å²) < 4.78 is 17.8. The van der Waals surface area contributed by atoms with Crippen LogP contribution in [0.25, 0.3) is 0 Å². The fourth-order valence-electron chi connectivity index (χ4n) is 2.08. The highest BCUT2D eigenvalue weighted by molar-refractivity contribution is 6.30. The van der Waals surface area contributed by atoms with Crippen molar-refractivity contribution in [3.8, 4) is 5.75 Å². The van der Waals surface area contributed by atoms with Gasteiger partial charge in [-0.25, -0.2) is 9.18 Å². The molecule has 2 rings (SSSR count). The Balaban J connectivity index is 1.83. The average molecular weight is 366 g/mol. The Labute approximate surface area is 149 Å². The van der Waals surface area contributed by atoms with Crippen LogP contribution in [0.5, 0.6) is 5.75 Å². The first-order valence-electron chi connectivity index (χ1n) is 7.58. The van der Waals surface area contributed by atoms with E-state index in [4.69, 9.17) is 16.3 Å². The first kappa shape index (κ1) is 18.7. The second-order valence-corrected chi connectivity index (χ2v) is 5.81. The smallest absolute Gasteiger partial charge is 0.342 e. The standard InChI is InChI=1S/C18H17ClFNO4/c1-11(25-18(24)15-7-4-13(19)10-16(15)22)17(23)21-9-8-12-2-5-14(20)6-3-12/h2-7,10-11,22H,8-9H2,1H3,(H,21,23)/t11-/m0/s1. The summed E-state index contributed by atoms with van der Waals surface area (Å²) >= 11 is 5.70. The third-order valence-corrected chi connectivity index (χ3v) is 3.69. The number of aromatic hydroxyl groups is 1. The number of nitrogens with one attached hydrogen (secondary N) is 1. The summed E-state index contributed by atoms with van der Waals surface area (Å²) in [5.74, 6) is -1.93. The molecule has 0 fully saturated rings. The summed E-state index contributed by atoms with van der Waals surface area (Å²) in [5.41, 5.74) is 0.799. The molecular weight excluding hydrogens is 349 g/mol. The quantitative estimate of drug-likeness (QED) is 0.771. The van der Waals surface area contributed by atoms with Crippen molar-refractivity contribution in [3.05, 3.63) is 64.4 Å². The van der Waals surface area contributed by atoms with Gasteiger partial charge in [0.15, 0.2) is 6.10 Å². The summed E-state index contributed by atoms with van der Waals surface area (Å²) in [7, 11) is 0. The van der Waals surface area contributed by atoms with Crippen LogP contribution in [0.4, 0.5) is 4.39 Å². The molecule has 132 valence electrons. The van der Waals surface area contributed by atoms with E-state index >= 15 is 0 Å². The molecule has 5 nitrogen and oxygen atoms in total. The fraction of sp³-hybridized carbons (Fsp3) is 0.222. The maximum Gasteiger partial charge on any atom is 0.342 e. The molecule has 0 unspecified atom stereocenters. The number of ether oxygens (including phenoxy) is 1. The minimum absolute atomic E-state index is 0.0737. The molecule has 25 heavy (non-hydrogen) atoms. The molecule has 2 N–H and O–H groups in total. The number of hydrogen-bond acceptors (Lipinski definition) is 4. The predicted octanol–water partition coefficient (Wildman–Crippen LogP) is 3.09. The van der Waals surface area contributed by atoms with E-state index in [-0.39, 0.29) is 22.2 Å². The van der Waals surface area contributed by atoms with Crippen LogP contribution < -0.4 is 5.32 Å². The second-order valence-electron chi connectivity index (χ2n) is 5.38. The Kier molecular flexibility index (Phi) is 6.36. The molecule has 2 aromatic carbocycles. The molecule has 0 radical (unpaired) electrons. The number of carbonyl (C=O) groups is 2. The maximum atomic E-state index is 12.8. The molecule has 0 bridgehead atoms. The van der Waals surface area contributed by atoms with Gasteiger partial charge in [0.05, 0.1) is 0 Å². The van der Waals surface area contributed by atoms with E-state index in [2.05, 4.69) is 5.32 Å². The topological polar surface area (TPSA) is 75.6 Å². The van der Waals surface area contributed by atoms with E-state index in [1.807, 2.05) is 0 Å². The molecule has 1 amide bonds. The van der Waals surface area contributed by atoms with Gasteiger partial charge in [-0.2, -0.15) is 0 Å². The Hall–Kier alpha value is -2.60. The SMILES string of the molecule is C[C@H](OC(=O)c1ccc(Cl)cc1O)C(=O)NCCc1ccc(F)cc1. The van der Waals surface area contributed by atoms with Gasteiger partial charge in [0, 0.05) is 11.6 Å². The summed E-state index contributed by atoms with van der Waals surface area (Å²) in [6.07, 6.45) is -0.513. The van der Waals surface area contributed by atoms with Gasteiger partial charge in [-0.15, -0.1) is 0 Å². The number of esters is 1.